The molecule has 0 fully saturated rings. The summed E-state index contributed by atoms with van der Waals surface area (Å²) in [4.78, 5) is 0. The van der Waals surface area contributed by atoms with E-state index in [-0.39, 0.29) is 0 Å². The summed E-state index contributed by atoms with van der Waals surface area (Å²) < 4.78 is 1.95. The van der Waals surface area contributed by atoms with Crippen molar-refractivity contribution in [1.29, 1.82) is 0 Å². The van der Waals surface area contributed by atoms with Gasteiger partial charge in [-0.2, -0.15) is 0 Å². The van der Waals surface area contributed by atoms with Crippen LogP contribution in [-0.2, 0) is 6.54 Å². The number of halogens is 2. The Balaban J connectivity index is 2.11. The van der Waals surface area contributed by atoms with Crippen LogP contribution in [0.15, 0.2) is 45.3 Å². The second kappa shape index (κ2) is 5.76. The van der Waals surface area contributed by atoms with Gasteiger partial charge in [0.1, 0.15) is 5.75 Å². The molecule has 0 bridgehead atoms. The predicted molar refractivity (Wildman–Crippen MR) is 82.0 cm³/mol. The lowest BCUT2D eigenvalue weighted by atomic mass is 10.1. The van der Waals surface area contributed by atoms with E-state index in [0.29, 0.717) is 12.3 Å². The van der Waals surface area contributed by atoms with E-state index in [0.717, 1.165) is 20.2 Å². The molecule has 0 aliphatic heterocycles. The van der Waals surface area contributed by atoms with Crippen LogP contribution in [0.5, 0.6) is 5.75 Å². The second-order valence-electron chi connectivity index (χ2n) is 4.09. The minimum atomic E-state index is 0.298. The fourth-order valence-electron chi connectivity index (χ4n) is 1.70. The van der Waals surface area contributed by atoms with E-state index >= 15 is 0 Å². The number of benzene rings is 2. The maximum atomic E-state index is 9.81. The molecule has 0 amide bonds. The van der Waals surface area contributed by atoms with Crippen molar-refractivity contribution >= 4 is 37.5 Å². The fourth-order valence-corrected chi connectivity index (χ4v) is 2.53. The zero-order valence-corrected chi connectivity index (χ0v) is 13.0. The van der Waals surface area contributed by atoms with Crippen LogP contribution in [0.2, 0.25) is 0 Å². The van der Waals surface area contributed by atoms with Crippen LogP contribution >= 0.6 is 31.9 Å². The highest BCUT2D eigenvalue weighted by Gasteiger charge is 2.03. The first kappa shape index (κ1) is 13.4. The first-order chi connectivity index (χ1) is 8.56. The maximum absolute atomic E-state index is 9.81. The molecule has 94 valence electrons. The summed E-state index contributed by atoms with van der Waals surface area (Å²) in [6, 6.07) is 11.6. The molecule has 0 heterocycles. The number of anilines is 1. The molecule has 0 radical (unpaired) electrons. The Morgan fingerprint density at radius 3 is 2.39 bits per heavy atom. The average Bonchev–Trinajstić information content (AvgIpc) is 2.30. The zero-order valence-electron chi connectivity index (χ0n) is 9.87. The number of hydrogen-bond donors (Lipinski definition) is 2. The Morgan fingerprint density at radius 2 is 1.72 bits per heavy atom. The van der Waals surface area contributed by atoms with Crippen LogP contribution in [0.4, 0.5) is 5.69 Å². The van der Waals surface area contributed by atoms with Gasteiger partial charge in [-0.3, -0.25) is 0 Å². The minimum Gasteiger partial charge on any atom is -0.508 e. The standard InChI is InChI=1S/C14H13Br2NO/c1-9-6-11(15)4-5-13(9)17-8-10-2-3-12(16)7-14(10)18/h2-7,17-18H,8H2,1H3. The Kier molecular flexibility index (Phi) is 4.30. The van der Waals surface area contributed by atoms with Crippen molar-refractivity contribution in [2.75, 3.05) is 5.32 Å². The highest BCUT2D eigenvalue weighted by atomic mass is 79.9. The summed E-state index contributed by atoms with van der Waals surface area (Å²) in [5.74, 6) is 0.298. The number of hydrogen-bond acceptors (Lipinski definition) is 2. The topological polar surface area (TPSA) is 32.3 Å². The van der Waals surface area contributed by atoms with Gasteiger partial charge in [-0.1, -0.05) is 37.9 Å². The van der Waals surface area contributed by atoms with Crippen LogP contribution in [0.1, 0.15) is 11.1 Å². The van der Waals surface area contributed by atoms with Crippen molar-refractivity contribution in [3.63, 3.8) is 0 Å². The highest BCUT2D eigenvalue weighted by Crippen LogP contribution is 2.25. The number of phenolic OH excluding ortho intramolecular Hbond substituents is 1. The molecule has 2 aromatic rings. The van der Waals surface area contributed by atoms with E-state index in [1.165, 1.54) is 5.56 Å². The second-order valence-corrected chi connectivity index (χ2v) is 5.92. The fraction of sp³-hybridized carbons (Fsp3) is 0.143. The SMILES string of the molecule is Cc1cc(Br)ccc1NCc1ccc(Br)cc1O. The van der Waals surface area contributed by atoms with E-state index in [1.807, 2.05) is 24.3 Å². The molecule has 0 spiro atoms. The third kappa shape index (κ3) is 3.27. The lowest BCUT2D eigenvalue weighted by molar-refractivity contribution is 0.468. The number of aryl methyl sites for hydroxylation is 1. The zero-order chi connectivity index (χ0) is 13.1. The molecular weight excluding hydrogens is 358 g/mol. The summed E-state index contributed by atoms with van der Waals surface area (Å²) in [5, 5.41) is 13.1. The lowest BCUT2D eigenvalue weighted by Gasteiger charge is -2.11. The molecule has 0 aromatic heterocycles. The molecule has 4 heteroatoms. The largest absolute Gasteiger partial charge is 0.508 e. The first-order valence-electron chi connectivity index (χ1n) is 5.53. The van der Waals surface area contributed by atoms with Gasteiger partial charge in [0.05, 0.1) is 0 Å². The average molecular weight is 371 g/mol. The van der Waals surface area contributed by atoms with Crippen molar-refractivity contribution in [3.8, 4) is 5.75 Å². The lowest BCUT2D eigenvalue weighted by Crippen LogP contribution is -2.01. The van der Waals surface area contributed by atoms with E-state index in [9.17, 15) is 5.11 Å². The van der Waals surface area contributed by atoms with Crippen LogP contribution < -0.4 is 5.32 Å². The minimum absolute atomic E-state index is 0.298. The third-order valence-corrected chi connectivity index (χ3v) is 3.69. The van der Waals surface area contributed by atoms with E-state index in [2.05, 4.69) is 50.2 Å². The van der Waals surface area contributed by atoms with E-state index in [1.54, 1.807) is 6.07 Å². The Morgan fingerprint density at radius 1 is 1.06 bits per heavy atom. The molecule has 0 saturated heterocycles. The Labute approximate surface area is 123 Å². The van der Waals surface area contributed by atoms with Gasteiger partial charge in [0.25, 0.3) is 0 Å². The van der Waals surface area contributed by atoms with Crippen molar-refractivity contribution in [2.24, 2.45) is 0 Å². The van der Waals surface area contributed by atoms with Gasteiger partial charge in [0.15, 0.2) is 0 Å². The normalized spacial score (nSPS) is 10.4. The van der Waals surface area contributed by atoms with Crippen LogP contribution in [0.3, 0.4) is 0 Å². The van der Waals surface area contributed by atoms with Gasteiger partial charge >= 0.3 is 0 Å². The van der Waals surface area contributed by atoms with Gasteiger partial charge < -0.3 is 10.4 Å². The van der Waals surface area contributed by atoms with Gasteiger partial charge in [0.2, 0.25) is 0 Å². The van der Waals surface area contributed by atoms with Crippen molar-refractivity contribution in [1.82, 2.24) is 0 Å². The molecule has 2 nitrogen and oxygen atoms in total. The Bertz CT molecular complexity index is 518. The smallest absolute Gasteiger partial charge is 0.121 e. The van der Waals surface area contributed by atoms with Crippen molar-refractivity contribution in [2.45, 2.75) is 13.5 Å². The molecule has 0 atom stereocenters. The molecular formula is C14H13Br2NO. The van der Waals surface area contributed by atoms with Gasteiger partial charge in [-0.15, -0.1) is 0 Å². The van der Waals surface area contributed by atoms with Gasteiger partial charge in [-0.05, 0) is 42.8 Å². The number of aromatic hydroxyl groups is 1. The summed E-state index contributed by atoms with van der Waals surface area (Å²) in [5.41, 5.74) is 3.11. The summed E-state index contributed by atoms with van der Waals surface area (Å²) in [6.07, 6.45) is 0. The number of phenols is 1. The van der Waals surface area contributed by atoms with Crippen LogP contribution in [0, 0.1) is 6.92 Å². The Hall–Kier alpha value is -1.00. The molecule has 0 aliphatic rings. The highest BCUT2D eigenvalue weighted by molar-refractivity contribution is 9.10. The van der Waals surface area contributed by atoms with Crippen molar-refractivity contribution < 1.29 is 5.11 Å². The summed E-state index contributed by atoms with van der Waals surface area (Å²) in [7, 11) is 0. The molecule has 0 saturated carbocycles. The summed E-state index contributed by atoms with van der Waals surface area (Å²) in [6.45, 7) is 2.65. The molecule has 18 heavy (non-hydrogen) atoms. The maximum Gasteiger partial charge on any atom is 0.121 e. The number of rotatable bonds is 3. The van der Waals surface area contributed by atoms with Gasteiger partial charge in [0, 0.05) is 26.7 Å². The van der Waals surface area contributed by atoms with E-state index < -0.39 is 0 Å². The first-order valence-corrected chi connectivity index (χ1v) is 7.12. The predicted octanol–water partition coefficient (Wildman–Crippen LogP) is 4.84. The monoisotopic (exact) mass is 369 g/mol. The molecule has 2 aromatic carbocycles. The van der Waals surface area contributed by atoms with Crippen LogP contribution in [0.25, 0.3) is 0 Å². The van der Waals surface area contributed by atoms with Crippen LogP contribution in [-0.4, -0.2) is 5.11 Å². The van der Waals surface area contributed by atoms with Crippen molar-refractivity contribution in [3.05, 3.63) is 56.5 Å². The number of nitrogens with one attached hydrogen (secondary N) is 1. The molecule has 2 N–H and O–H groups in total. The summed E-state index contributed by atoms with van der Waals surface area (Å²) >= 11 is 6.77. The molecule has 2 rings (SSSR count). The van der Waals surface area contributed by atoms with E-state index in [4.69, 9.17) is 0 Å². The third-order valence-electron chi connectivity index (χ3n) is 2.71. The molecule has 0 aliphatic carbocycles. The van der Waals surface area contributed by atoms with Gasteiger partial charge in [-0.25, -0.2) is 0 Å². The quantitative estimate of drug-likeness (QED) is 0.810. The molecule has 0 unspecified atom stereocenters.